The van der Waals surface area contributed by atoms with Crippen LogP contribution >= 0.6 is 0 Å². The van der Waals surface area contributed by atoms with Crippen LogP contribution in [-0.2, 0) is 12.4 Å². The maximum atomic E-state index is 13.6. The van der Waals surface area contributed by atoms with Crippen LogP contribution in [0, 0.1) is 29.1 Å². The number of hydrogen-bond donors (Lipinski definition) is 0. The van der Waals surface area contributed by atoms with Crippen molar-refractivity contribution in [1.82, 2.24) is 9.97 Å². The van der Waals surface area contributed by atoms with Crippen LogP contribution < -0.4 is 0 Å². The first kappa shape index (κ1) is 18.9. The van der Waals surface area contributed by atoms with E-state index in [1.807, 2.05) is 0 Å². The molecule has 0 spiro atoms. The van der Waals surface area contributed by atoms with Gasteiger partial charge in [-0.2, -0.15) is 26.3 Å². The van der Waals surface area contributed by atoms with E-state index >= 15 is 0 Å². The molecular weight excluding hydrogens is 381 g/mol. The van der Waals surface area contributed by atoms with Gasteiger partial charge in [-0.05, 0) is 6.07 Å². The summed E-state index contributed by atoms with van der Waals surface area (Å²) in [6, 6.07) is -0.368. The van der Waals surface area contributed by atoms with Crippen LogP contribution in [0.15, 0.2) is 6.07 Å². The Bertz CT molecular complexity index is 777. The first-order valence-electron chi connectivity index (χ1n) is 5.80. The van der Waals surface area contributed by atoms with Gasteiger partial charge in [-0.25, -0.2) is 31.9 Å². The van der Waals surface area contributed by atoms with Gasteiger partial charge < -0.3 is 0 Å². The van der Waals surface area contributed by atoms with Crippen LogP contribution in [0.4, 0.5) is 48.3 Å². The molecule has 2 nitrogen and oxygen atoms in total. The van der Waals surface area contributed by atoms with E-state index in [1.54, 1.807) is 0 Å². The molecule has 1 aromatic heterocycles. The van der Waals surface area contributed by atoms with Crippen LogP contribution in [-0.4, -0.2) is 9.97 Å². The largest absolute Gasteiger partial charge is 0.451 e. The van der Waals surface area contributed by atoms with Crippen molar-refractivity contribution in [3.63, 3.8) is 0 Å². The summed E-state index contributed by atoms with van der Waals surface area (Å²) in [5, 5.41) is 0. The van der Waals surface area contributed by atoms with Gasteiger partial charge in [0.2, 0.25) is 11.6 Å². The molecule has 0 fully saturated rings. The van der Waals surface area contributed by atoms with Gasteiger partial charge in [-0.1, -0.05) is 0 Å². The van der Waals surface area contributed by atoms with Crippen molar-refractivity contribution in [3.05, 3.63) is 46.7 Å². The molecule has 0 unspecified atom stereocenters. The molecule has 13 heteroatoms. The fourth-order valence-electron chi connectivity index (χ4n) is 1.68. The highest BCUT2D eigenvalue weighted by molar-refractivity contribution is 5.62. The number of benzene rings is 1. The zero-order chi connectivity index (χ0) is 19.3. The van der Waals surface area contributed by atoms with E-state index in [0.29, 0.717) is 0 Å². The quantitative estimate of drug-likeness (QED) is 0.399. The second-order valence-corrected chi connectivity index (χ2v) is 4.40. The zero-order valence-corrected chi connectivity index (χ0v) is 11.1. The van der Waals surface area contributed by atoms with Crippen molar-refractivity contribution < 1.29 is 48.3 Å². The molecule has 2 rings (SSSR count). The third kappa shape index (κ3) is 3.35. The number of halogens is 11. The minimum Gasteiger partial charge on any atom is -0.224 e. The smallest absolute Gasteiger partial charge is 0.224 e. The zero-order valence-electron chi connectivity index (χ0n) is 11.1. The normalized spacial score (nSPS) is 12.6. The molecule has 0 aliphatic rings. The van der Waals surface area contributed by atoms with Crippen molar-refractivity contribution in [1.29, 1.82) is 0 Å². The highest BCUT2D eigenvalue weighted by atomic mass is 19.4. The van der Waals surface area contributed by atoms with Gasteiger partial charge in [-0.3, -0.25) is 0 Å². The summed E-state index contributed by atoms with van der Waals surface area (Å²) in [5.41, 5.74) is -6.11. The van der Waals surface area contributed by atoms with Crippen molar-refractivity contribution in [2.24, 2.45) is 0 Å². The Labute approximate surface area is 129 Å². The van der Waals surface area contributed by atoms with Crippen LogP contribution in [0.25, 0.3) is 11.3 Å². The Morgan fingerprint density at radius 2 is 1.04 bits per heavy atom. The molecule has 136 valence electrons. The van der Waals surface area contributed by atoms with E-state index in [-0.39, 0.29) is 6.07 Å². The molecule has 2 aromatic rings. The second kappa shape index (κ2) is 5.81. The lowest BCUT2D eigenvalue weighted by Crippen LogP contribution is -2.18. The minimum atomic E-state index is -5.58. The Morgan fingerprint density at radius 3 is 1.44 bits per heavy atom. The van der Waals surface area contributed by atoms with E-state index in [4.69, 9.17) is 0 Å². The lowest BCUT2D eigenvalue weighted by molar-refractivity contribution is -0.152. The van der Waals surface area contributed by atoms with Crippen molar-refractivity contribution in [2.45, 2.75) is 12.4 Å². The Kier molecular flexibility index (Phi) is 4.38. The first-order valence-corrected chi connectivity index (χ1v) is 5.80. The highest BCUT2D eigenvalue weighted by Gasteiger charge is 2.41. The Morgan fingerprint density at radius 1 is 0.600 bits per heavy atom. The molecule has 1 aromatic carbocycles. The van der Waals surface area contributed by atoms with E-state index in [0.717, 1.165) is 0 Å². The predicted octanol–water partition coefficient (Wildman–Crippen LogP) is 4.88. The van der Waals surface area contributed by atoms with E-state index < -0.39 is 64.2 Å². The summed E-state index contributed by atoms with van der Waals surface area (Å²) in [5.74, 6) is -15.5. The topological polar surface area (TPSA) is 25.8 Å². The third-order valence-corrected chi connectivity index (χ3v) is 2.74. The van der Waals surface area contributed by atoms with Gasteiger partial charge >= 0.3 is 12.4 Å². The maximum Gasteiger partial charge on any atom is 0.451 e. The standard InChI is InChI=1S/C12HF11N2/c13-5-4(6(14)8(16)9(17)7(5)15)2-1-3(11(18,19)20)25-10(24-2)12(21,22)23/h1H. The number of alkyl halides is 6. The number of rotatable bonds is 1. The summed E-state index contributed by atoms with van der Waals surface area (Å²) in [7, 11) is 0. The van der Waals surface area contributed by atoms with Gasteiger partial charge in [0.15, 0.2) is 23.3 Å². The van der Waals surface area contributed by atoms with Gasteiger partial charge in [0.05, 0.1) is 11.3 Å². The van der Waals surface area contributed by atoms with Crippen LogP contribution in [0.3, 0.4) is 0 Å². The average molecular weight is 382 g/mol. The maximum absolute atomic E-state index is 13.6. The summed E-state index contributed by atoms with van der Waals surface area (Å²) in [6.07, 6.45) is -11.1. The molecule has 1 heterocycles. The van der Waals surface area contributed by atoms with E-state index in [9.17, 15) is 48.3 Å². The molecule has 0 N–H and O–H groups in total. The molecule has 0 amide bonds. The molecule has 0 atom stereocenters. The Hall–Kier alpha value is -2.47. The van der Waals surface area contributed by atoms with Crippen molar-refractivity contribution in [2.75, 3.05) is 0 Å². The van der Waals surface area contributed by atoms with Crippen molar-refractivity contribution in [3.8, 4) is 11.3 Å². The summed E-state index contributed by atoms with van der Waals surface area (Å²) in [6.45, 7) is 0. The van der Waals surface area contributed by atoms with Gasteiger partial charge in [0.1, 0.15) is 5.69 Å². The fraction of sp³-hybridized carbons (Fsp3) is 0.167. The van der Waals surface area contributed by atoms with Crippen molar-refractivity contribution >= 4 is 0 Å². The molecule has 0 saturated heterocycles. The molecule has 0 radical (unpaired) electrons. The molecule has 0 aliphatic carbocycles. The van der Waals surface area contributed by atoms with Crippen LogP contribution in [0.1, 0.15) is 11.5 Å². The van der Waals surface area contributed by atoms with E-state index in [1.165, 1.54) is 0 Å². The Balaban J connectivity index is 2.89. The lowest BCUT2D eigenvalue weighted by Gasteiger charge is -2.13. The third-order valence-electron chi connectivity index (χ3n) is 2.74. The molecule has 0 saturated carbocycles. The van der Waals surface area contributed by atoms with Gasteiger partial charge in [0.25, 0.3) is 0 Å². The monoisotopic (exact) mass is 382 g/mol. The highest BCUT2D eigenvalue weighted by Crippen LogP contribution is 2.37. The molecule has 25 heavy (non-hydrogen) atoms. The van der Waals surface area contributed by atoms with Gasteiger partial charge in [-0.15, -0.1) is 0 Å². The first-order chi connectivity index (χ1) is 11.2. The molecular formula is C12HF11N2. The predicted molar refractivity (Wildman–Crippen MR) is 57.3 cm³/mol. The summed E-state index contributed by atoms with van der Waals surface area (Å²) < 4.78 is 142. The van der Waals surface area contributed by atoms with E-state index in [2.05, 4.69) is 9.97 Å². The number of nitrogens with zero attached hydrogens (tertiary/aromatic N) is 2. The molecule has 0 bridgehead atoms. The summed E-state index contributed by atoms with van der Waals surface area (Å²) in [4.78, 5) is 4.61. The fourth-order valence-corrected chi connectivity index (χ4v) is 1.68. The number of aromatic nitrogens is 2. The number of hydrogen-bond acceptors (Lipinski definition) is 2. The second-order valence-electron chi connectivity index (χ2n) is 4.40. The van der Waals surface area contributed by atoms with Crippen LogP contribution in [0.2, 0.25) is 0 Å². The van der Waals surface area contributed by atoms with Crippen LogP contribution in [0.5, 0.6) is 0 Å². The summed E-state index contributed by atoms with van der Waals surface area (Å²) >= 11 is 0. The molecule has 0 aliphatic heterocycles. The average Bonchev–Trinajstić information content (AvgIpc) is 2.49. The lowest BCUT2D eigenvalue weighted by atomic mass is 10.1. The minimum absolute atomic E-state index is 0.368. The van der Waals surface area contributed by atoms with Gasteiger partial charge in [0, 0.05) is 0 Å². The SMILES string of the molecule is Fc1c(F)c(F)c(-c2cc(C(F)(F)F)nc(C(F)(F)F)n2)c(F)c1F.